The molecule has 27 heavy (non-hydrogen) atoms. The first-order chi connectivity index (χ1) is 12.8. The molecule has 1 aliphatic carbocycles. The van der Waals surface area contributed by atoms with Crippen molar-refractivity contribution in [3.05, 3.63) is 64.1 Å². The molecule has 1 atom stereocenters. The van der Waals surface area contributed by atoms with Crippen molar-refractivity contribution in [1.29, 1.82) is 0 Å². The van der Waals surface area contributed by atoms with Crippen LogP contribution in [0.2, 0.25) is 0 Å². The Morgan fingerprint density at radius 1 is 1.19 bits per heavy atom. The van der Waals surface area contributed by atoms with Crippen molar-refractivity contribution in [1.82, 2.24) is 5.32 Å². The van der Waals surface area contributed by atoms with Crippen molar-refractivity contribution in [2.45, 2.75) is 17.8 Å². The van der Waals surface area contributed by atoms with Crippen LogP contribution < -0.4 is 10.1 Å². The highest BCUT2D eigenvalue weighted by Gasteiger charge is 2.71. The number of ether oxygens (including phenoxy) is 2. The Hall–Kier alpha value is -2.48. The second kappa shape index (κ2) is 7.26. The summed E-state index contributed by atoms with van der Waals surface area (Å²) in [6.45, 7) is -0.296. The number of benzene rings is 2. The smallest absolute Gasteiger partial charge is 0.412 e. The highest BCUT2D eigenvalue weighted by atomic mass is 79.9. The fourth-order valence-electron chi connectivity index (χ4n) is 2.92. The van der Waals surface area contributed by atoms with E-state index >= 15 is 0 Å². The number of carbonyl (C=O) groups is 2. The van der Waals surface area contributed by atoms with E-state index in [2.05, 4.69) is 26.0 Å². The summed E-state index contributed by atoms with van der Waals surface area (Å²) in [5, 5.41) is 2.38. The number of methoxy groups -OCH3 is 1. The number of carbonyl (C=O) groups excluding carboxylic acids is 2. The maximum Gasteiger partial charge on any atom is 0.412 e. The average Bonchev–Trinajstić information content (AvgIpc) is 3.22. The zero-order chi connectivity index (χ0) is 19.7. The zero-order valence-corrected chi connectivity index (χ0v) is 15.9. The van der Waals surface area contributed by atoms with E-state index in [9.17, 15) is 18.4 Å². The third kappa shape index (κ3) is 3.80. The lowest BCUT2D eigenvalue weighted by molar-refractivity contribution is 0.0598. The SMILES string of the molecule is COC(=O)c1ccccc1OC(=O)NCC1(c2cccc(Br)c2)CC1(F)F. The van der Waals surface area contributed by atoms with Gasteiger partial charge in [0.05, 0.1) is 12.5 Å². The minimum absolute atomic E-state index is 0.0130. The summed E-state index contributed by atoms with van der Waals surface area (Å²) in [4.78, 5) is 23.8. The molecule has 0 bridgehead atoms. The Labute approximate surface area is 162 Å². The van der Waals surface area contributed by atoms with Crippen molar-refractivity contribution >= 4 is 28.0 Å². The van der Waals surface area contributed by atoms with E-state index in [4.69, 9.17) is 4.74 Å². The third-order valence-electron chi connectivity index (χ3n) is 4.51. The minimum Gasteiger partial charge on any atom is -0.465 e. The monoisotopic (exact) mass is 439 g/mol. The zero-order valence-electron chi connectivity index (χ0n) is 14.3. The summed E-state index contributed by atoms with van der Waals surface area (Å²) in [6.07, 6.45) is -1.29. The topological polar surface area (TPSA) is 64.6 Å². The molecule has 0 heterocycles. The van der Waals surface area contributed by atoms with Gasteiger partial charge in [-0.25, -0.2) is 18.4 Å². The predicted octanol–water partition coefficient (Wildman–Crippen LogP) is 4.30. The van der Waals surface area contributed by atoms with Gasteiger partial charge >= 0.3 is 12.1 Å². The molecule has 3 rings (SSSR count). The van der Waals surface area contributed by atoms with Crippen LogP contribution in [0.1, 0.15) is 22.3 Å². The Kier molecular flexibility index (Phi) is 5.19. The quantitative estimate of drug-likeness (QED) is 0.705. The van der Waals surface area contributed by atoms with Crippen LogP contribution in [-0.2, 0) is 10.2 Å². The van der Waals surface area contributed by atoms with Crippen molar-refractivity contribution in [2.24, 2.45) is 0 Å². The van der Waals surface area contributed by atoms with Gasteiger partial charge in [-0.3, -0.25) is 0 Å². The second-order valence-electron chi connectivity index (χ2n) is 6.20. The maximum absolute atomic E-state index is 14.1. The van der Waals surface area contributed by atoms with Gasteiger partial charge in [-0.1, -0.05) is 40.2 Å². The molecule has 0 radical (unpaired) electrons. The first-order valence-corrected chi connectivity index (χ1v) is 8.85. The van der Waals surface area contributed by atoms with Crippen molar-refractivity contribution in [3.63, 3.8) is 0 Å². The molecule has 8 heteroatoms. The first-order valence-electron chi connectivity index (χ1n) is 8.06. The Balaban J connectivity index is 1.71. The largest absolute Gasteiger partial charge is 0.465 e. The lowest BCUT2D eigenvalue weighted by Gasteiger charge is -2.18. The molecule has 0 aromatic heterocycles. The van der Waals surface area contributed by atoms with Crippen LogP contribution in [0.15, 0.2) is 53.0 Å². The van der Waals surface area contributed by atoms with Gasteiger partial charge in [0, 0.05) is 17.4 Å². The molecule has 1 fully saturated rings. The number of para-hydroxylation sites is 1. The molecular formula is C19H16BrF2NO4. The summed E-state index contributed by atoms with van der Waals surface area (Å²) < 4.78 is 38.6. The third-order valence-corrected chi connectivity index (χ3v) is 5.00. The summed E-state index contributed by atoms with van der Waals surface area (Å²) in [5.41, 5.74) is -0.983. The fraction of sp³-hybridized carbons (Fsp3) is 0.263. The van der Waals surface area contributed by atoms with Gasteiger partial charge in [-0.15, -0.1) is 0 Å². The summed E-state index contributed by atoms with van der Waals surface area (Å²) in [5.74, 6) is -3.61. The van der Waals surface area contributed by atoms with Gasteiger partial charge in [0.1, 0.15) is 11.3 Å². The van der Waals surface area contributed by atoms with E-state index in [-0.39, 0.29) is 24.3 Å². The molecule has 1 amide bonds. The lowest BCUT2D eigenvalue weighted by Crippen LogP contribution is -2.37. The molecule has 1 saturated carbocycles. The molecule has 1 aliphatic rings. The Morgan fingerprint density at radius 2 is 1.89 bits per heavy atom. The maximum atomic E-state index is 14.1. The molecule has 2 aromatic carbocycles. The summed E-state index contributed by atoms with van der Waals surface area (Å²) in [6, 6.07) is 12.6. The van der Waals surface area contributed by atoms with Gasteiger partial charge in [0.25, 0.3) is 5.92 Å². The molecule has 1 unspecified atom stereocenters. The van der Waals surface area contributed by atoms with Crippen LogP contribution in [0.25, 0.3) is 0 Å². The van der Waals surface area contributed by atoms with Crippen LogP contribution >= 0.6 is 15.9 Å². The van der Waals surface area contributed by atoms with Gasteiger partial charge < -0.3 is 14.8 Å². The van der Waals surface area contributed by atoms with Crippen LogP contribution in [-0.4, -0.2) is 31.6 Å². The van der Waals surface area contributed by atoms with Crippen molar-refractivity contribution in [3.8, 4) is 5.75 Å². The number of rotatable bonds is 5. The number of alkyl halides is 2. The highest BCUT2D eigenvalue weighted by molar-refractivity contribution is 9.10. The standard InChI is InChI=1S/C19H16BrF2NO4/c1-26-16(24)14-7-2-3-8-15(14)27-17(25)23-11-18(10-19(18,21)22)12-5-4-6-13(20)9-12/h2-9H,10-11H2,1H3,(H,23,25). The summed E-state index contributed by atoms with van der Waals surface area (Å²) >= 11 is 3.27. The number of nitrogens with one attached hydrogen (secondary N) is 1. The van der Waals surface area contributed by atoms with E-state index in [0.29, 0.717) is 10.0 Å². The molecule has 1 N–H and O–H groups in total. The van der Waals surface area contributed by atoms with E-state index in [1.807, 2.05) is 0 Å². The molecule has 2 aromatic rings. The molecule has 0 aliphatic heterocycles. The fourth-order valence-corrected chi connectivity index (χ4v) is 3.32. The molecule has 0 spiro atoms. The molecule has 5 nitrogen and oxygen atoms in total. The second-order valence-corrected chi connectivity index (χ2v) is 7.12. The normalized spacial score (nSPS) is 19.9. The van der Waals surface area contributed by atoms with Gasteiger partial charge in [-0.2, -0.15) is 0 Å². The van der Waals surface area contributed by atoms with Gasteiger partial charge in [0.15, 0.2) is 0 Å². The van der Waals surface area contributed by atoms with E-state index in [0.717, 1.165) is 0 Å². The van der Waals surface area contributed by atoms with Crippen LogP contribution in [0.3, 0.4) is 0 Å². The van der Waals surface area contributed by atoms with E-state index < -0.39 is 23.4 Å². The van der Waals surface area contributed by atoms with Crippen molar-refractivity contribution < 1.29 is 27.8 Å². The van der Waals surface area contributed by atoms with Crippen LogP contribution in [0, 0.1) is 0 Å². The summed E-state index contributed by atoms with van der Waals surface area (Å²) in [7, 11) is 1.20. The number of esters is 1. The molecule has 142 valence electrons. The van der Waals surface area contributed by atoms with E-state index in [1.54, 1.807) is 36.4 Å². The number of amides is 1. The number of hydrogen-bond donors (Lipinski definition) is 1. The average molecular weight is 440 g/mol. The predicted molar refractivity (Wildman–Crippen MR) is 97.2 cm³/mol. The van der Waals surface area contributed by atoms with Crippen LogP contribution in [0.4, 0.5) is 13.6 Å². The Bertz CT molecular complexity index is 890. The molecule has 0 saturated heterocycles. The van der Waals surface area contributed by atoms with E-state index in [1.165, 1.54) is 19.2 Å². The lowest BCUT2D eigenvalue weighted by atomic mass is 9.95. The highest BCUT2D eigenvalue weighted by Crippen LogP contribution is 2.61. The van der Waals surface area contributed by atoms with Crippen LogP contribution in [0.5, 0.6) is 5.75 Å². The minimum atomic E-state index is -2.93. The molecular weight excluding hydrogens is 424 g/mol. The number of halogens is 3. The van der Waals surface area contributed by atoms with Gasteiger partial charge in [-0.05, 0) is 29.8 Å². The Morgan fingerprint density at radius 3 is 2.52 bits per heavy atom. The van der Waals surface area contributed by atoms with Crippen molar-refractivity contribution in [2.75, 3.05) is 13.7 Å². The number of hydrogen-bond acceptors (Lipinski definition) is 4. The first kappa shape index (κ1) is 19.3. The van der Waals surface area contributed by atoms with Gasteiger partial charge in [0.2, 0.25) is 0 Å².